The van der Waals surface area contributed by atoms with Crippen molar-refractivity contribution in [3.05, 3.63) is 188 Å². The highest BCUT2D eigenvalue weighted by Crippen LogP contribution is 2.41. The Labute approximate surface area is 326 Å². The van der Waals surface area contributed by atoms with E-state index in [1.807, 2.05) is 18.3 Å². The molecule has 7 aromatic carbocycles. The molecule has 0 saturated heterocycles. The zero-order chi connectivity index (χ0) is 37.8. The fourth-order valence-electron chi connectivity index (χ4n) is 7.94. The van der Waals surface area contributed by atoms with Crippen LogP contribution in [0.1, 0.15) is 26.3 Å². The Morgan fingerprint density at radius 1 is 0.500 bits per heavy atom. The molecule has 0 radical (unpaired) electrons. The molecule has 5 nitrogen and oxygen atoms in total. The van der Waals surface area contributed by atoms with Crippen LogP contribution in [0.25, 0.3) is 71.9 Å². The van der Waals surface area contributed by atoms with E-state index in [1.54, 1.807) is 0 Å². The summed E-state index contributed by atoms with van der Waals surface area (Å²) in [6.45, 7) is 6.69. The van der Waals surface area contributed by atoms with Crippen LogP contribution in [0.15, 0.2) is 182 Å². The molecule has 268 valence electrons. The van der Waals surface area contributed by atoms with Crippen molar-refractivity contribution >= 4 is 60.8 Å². The Balaban J connectivity index is 1.11. The van der Waals surface area contributed by atoms with Gasteiger partial charge in [-0.3, -0.25) is 4.98 Å². The van der Waals surface area contributed by atoms with E-state index in [0.29, 0.717) is 0 Å². The summed E-state index contributed by atoms with van der Waals surface area (Å²) in [7, 11) is 0. The fraction of sp³-hybridized carbons (Fsp3) is 0.0784. The van der Waals surface area contributed by atoms with E-state index in [1.165, 1.54) is 27.4 Å². The van der Waals surface area contributed by atoms with Crippen LogP contribution in [0.5, 0.6) is 0 Å². The van der Waals surface area contributed by atoms with Gasteiger partial charge in [0.15, 0.2) is 0 Å². The summed E-state index contributed by atoms with van der Waals surface area (Å²) in [6.07, 6.45) is 1.87. The van der Waals surface area contributed by atoms with Gasteiger partial charge in [0, 0.05) is 50.5 Å². The fourth-order valence-corrected chi connectivity index (χ4v) is 7.94. The number of hydrogen-bond donors (Lipinski definition) is 0. The molecule has 3 aromatic heterocycles. The molecular formula is C51H39N5. The van der Waals surface area contributed by atoms with Crippen molar-refractivity contribution in [3.63, 3.8) is 0 Å². The minimum Gasteiger partial charge on any atom is -0.309 e. The third-order valence-electron chi connectivity index (χ3n) is 10.8. The van der Waals surface area contributed by atoms with Crippen LogP contribution in [-0.2, 0) is 5.41 Å². The Hall–Kier alpha value is -7.11. The topological polar surface area (TPSA) is 46.8 Å². The first-order valence-electron chi connectivity index (χ1n) is 19.1. The number of aromatic nitrogens is 4. The van der Waals surface area contributed by atoms with Gasteiger partial charge < -0.3 is 9.47 Å². The van der Waals surface area contributed by atoms with Crippen molar-refractivity contribution < 1.29 is 0 Å². The lowest BCUT2D eigenvalue weighted by atomic mass is 9.87. The molecule has 0 aliphatic heterocycles. The van der Waals surface area contributed by atoms with Gasteiger partial charge >= 0.3 is 0 Å². The van der Waals surface area contributed by atoms with Gasteiger partial charge in [0.1, 0.15) is 0 Å². The molecule has 0 aliphatic rings. The van der Waals surface area contributed by atoms with E-state index >= 15 is 0 Å². The second-order valence-electron chi connectivity index (χ2n) is 15.4. The van der Waals surface area contributed by atoms with Crippen LogP contribution in [-0.4, -0.2) is 19.5 Å². The van der Waals surface area contributed by atoms with Gasteiger partial charge in [-0.25, -0.2) is 9.97 Å². The summed E-state index contributed by atoms with van der Waals surface area (Å²) in [6, 6.07) is 62.1. The second-order valence-corrected chi connectivity index (χ2v) is 15.4. The molecule has 10 rings (SSSR count). The van der Waals surface area contributed by atoms with Gasteiger partial charge in [-0.2, -0.15) is 0 Å². The molecule has 10 aromatic rings. The van der Waals surface area contributed by atoms with Crippen molar-refractivity contribution in [1.82, 2.24) is 19.5 Å². The van der Waals surface area contributed by atoms with Gasteiger partial charge in [-0.1, -0.05) is 124 Å². The van der Waals surface area contributed by atoms with Crippen LogP contribution in [0.4, 0.5) is 17.1 Å². The average molecular weight is 722 g/mol. The van der Waals surface area contributed by atoms with Gasteiger partial charge in [-0.15, -0.1) is 0 Å². The van der Waals surface area contributed by atoms with E-state index in [4.69, 9.17) is 15.0 Å². The molecule has 5 heteroatoms. The number of benzene rings is 7. The maximum absolute atomic E-state index is 5.32. The van der Waals surface area contributed by atoms with E-state index in [9.17, 15) is 0 Å². The average Bonchev–Trinajstić information content (AvgIpc) is 3.58. The highest BCUT2D eigenvalue weighted by atomic mass is 15.1. The van der Waals surface area contributed by atoms with Gasteiger partial charge in [-0.05, 0) is 83.8 Å². The van der Waals surface area contributed by atoms with Crippen molar-refractivity contribution in [1.29, 1.82) is 0 Å². The first kappa shape index (κ1) is 33.5. The Bertz CT molecular complexity index is 2990. The van der Waals surface area contributed by atoms with Crippen molar-refractivity contribution in [3.8, 4) is 28.2 Å². The first-order valence-corrected chi connectivity index (χ1v) is 19.1. The smallest absolute Gasteiger partial charge is 0.0973 e. The van der Waals surface area contributed by atoms with Gasteiger partial charge in [0.2, 0.25) is 0 Å². The molecule has 0 N–H and O–H groups in total. The van der Waals surface area contributed by atoms with Crippen molar-refractivity contribution in [2.24, 2.45) is 0 Å². The molecular weight excluding hydrogens is 683 g/mol. The van der Waals surface area contributed by atoms with E-state index in [-0.39, 0.29) is 5.41 Å². The van der Waals surface area contributed by atoms with Crippen LogP contribution in [0, 0.1) is 0 Å². The molecule has 0 fully saturated rings. The summed E-state index contributed by atoms with van der Waals surface area (Å²) in [5.74, 6) is 0. The number of hydrogen-bond acceptors (Lipinski definition) is 4. The third kappa shape index (κ3) is 5.76. The van der Waals surface area contributed by atoms with E-state index in [0.717, 1.165) is 67.2 Å². The number of anilines is 3. The SMILES string of the molecule is CC(C)(C)c1ccc2nc(-c3ccccc3)c(-c3ccc(N(c4ccc(-n5c6ccccc6c6ccccc65)cc4)c4cccc5cccnc45)cc3)nc2c1. The highest BCUT2D eigenvalue weighted by Gasteiger charge is 2.20. The number of pyridine rings is 1. The third-order valence-corrected chi connectivity index (χ3v) is 10.8. The Morgan fingerprint density at radius 2 is 1.09 bits per heavy atom. The summed E-state index contributed by atoms with van der Waals surface area (Å²) >= 11 is 0. The highest BCUT2D eigenvalue weighted by molar-refractivity contribution is 6.09. The molecule has 0 bridgehead atoms. The molecule has 56 heavy (non-hydrogen) atoms. The zero-order valence-corrected chi connectivity index (χ0v) is 31.6. The van der Waals surface area contributed by atoms with Crippen LogP contribution in [0.3, 0.4) is 0 Å². The maximum Gasteiger partial charge on any atom is 0.0973 e. The molecule has 3 heterocycles. The monoisotopic (exact) mass is 721 g/mol. The molecule has 0 atom stereocenters. The van der Waals surface area contributed by atoms with Crippen LogP contribution in [0.2, 0.25) is 0 Å². The largest absolute Gasteiger partial charge is 0.309 e. The second kappa shape index (κ2) is 13.3. The predicted molar refractivity (Wildman–Crippen MR) is 233 cm³/mol. The number of para-hydroxylation sites is 3. The Kier molecular flexibility index (Phi) is 7.96. The van der Waals surface area contributed by atoms with Crippen molar-refractivity contribution in [2.75, 3.05) is 4.90 Å². The first-order chi connectivity index (χ1) is 27.4. The summed E-state index contributed by atoms with van der Waals surface area (Å²) in [5.41, 5.74) is 14.2. The quantitative estimate of drug-likeness (QED) is 0.171. The lowest BCUT2D eigenvalue weighted by molar-refractivity contribution is 0.591. The number of nitrogens with zero attached hydrogens (tertiary/aromatic N) is 5. The molecule has 0 spiro atoms. The predicted octanol–water partition coefficient (Wildman–Crippen LogP) is 13.4. The number of rotatable bonds is 6. The lowest BCUT2D eigenvalue weighted by Gasteiger charge is -2.27. The molecule has 0 saturated carbocycles. The lowest BCUT2D eigenvalue weighted by Crippen LogP contribution is -2.11. The molecule has 0 aliphatic carbocycles. The van der Waals surface area contributed by atoms with Crippen molar-refractivity contribution in [2.45, 2.75) is 26.2 Å². The van der Waals surface area contributed by atoms with E-state index < -0.39 is 0 Å². The summed E-state index contributed by atoms with van der Waals surface area (Å²) < 4.78 is 2.35. The normalized spacial score (nSPS) is 11.8. The summed E-state index contributed by atoms with van der Waals surface area (Å²) in [5, 5.41) is 3.58. The van der Waals surface area contributed by atoms with Crippen LogP contribution < -0.4 is 4.90 Å². The van der Waals surface area contributed by atoms with Gasteiger partial charge in [0.25, 0.3) is 0 Å². The van der Waals surface area contributed by atoms with Gasteiger partial charge in [0.05, 0.1) is 44.7 Å². The number of fused-ring (bicyclic) bond motifs is 5. The maximum atomic E-state index is 5.32. The van der Waals surface area contributed by atoms with Crippen LogP contribution >= 0.6 is 0 Å². The molecule has 0 unspecified atom stereocenters. The zero-order valence-electron chi connectivity index (χ0n) is 31.6. The summed E-state index contributed by atoms with van der Waals surface area (Å²) in [4.78, 5) is 17.7. The van der Waals surface area contributed by atoms with E-state index in [2.05, 4.69) is 194 Å². The minimum atomic E-state index is -0.00261. The molecule has 0 amide bonds. The Morgan fingerprint density at radius 3 is 1.77 bits per heavy atom. The minimum absolute atomic E-state index is 0.00261. The standard InChI is InChI=1S/C51H39N5/c1-51(2,3)37-24-31-43-44(33-37)54-50(49(53-43)35-13-5-4-6-14-35)36-22-25-38(26-23-36)55(47-21-11-15-34-16-12-32-52-48(34)47)39-27-29-40(30-28-39)56-45-19-9-7-17-41(45)42-18-8-10-20-46(42)56/h4-33H,1-3H3.